The fourth-order valence-corrected chi connectivity index (χ4v) is 3.61. The van der Waals surface area contributed by atoms with Crippen molar-refractivity contribution in [2.75, 3.05) is 19.6 Å². The summed E-state index contributed by atoms with van der Waals surface area (Å²) < 4.78 is 0. The zero-order chi connectivity index (χ0) is 29.1. The Bertz CT molecular complexity index is 762. The first-order valence-electron chi connectivity index (χ1n) is 13.3. The van der Waals surface area contributed by atoms with Gasteiger partial charge in [-0.3, -0.25) is 19.4 Å². The molecule has 0 saturated heterocycles. The lowest BCUT2D eigenvalue weighted by Gasteiger charge is -2.26. The first-order chi connectivity index (χ1) is 18.0. The highest BCUT2D eigenvalue weighted by molar-refractivity contribution is 5.94. The number of carboxylic acids is 1. The molecule has 0 bridgehead atoms. The Morgan fingerprint density at radius 3 is 1.63 bits per heavy atom. The molecule has 0 radical (unpaired) electrons. The smallest absolute Gasteiger partial charge is 0.326 e. The van der Waals surface area contributed by atoms with Crippen LogP contribution in [0.25, 0.3) is 0 Å². The minimum Gasteiger partial charge on any atom is -0.480 e. The molecular formula is C24H49N9O5. The number of carboxylic acid groups (broad SMARTS) is 1. The highest BCUT2D eigenvalue weighted by atomic mass is 16.4. The molecule has 5 unspecified atom stereocenters. The van der Waals surface area contributed by atoms with Crippen molar-refractivity contribution in [3.8, 4) is 0 Å². The van der Waals surface area contributed by atoms with Gasteiger partial charge in [0.05, 0.1) is 6.04 Å². The van der Waals surface area contributed by atoms with Gasteiger partial charge in [-0.05, 0) is 70.4 Å². The molecule has 0 aromatic heterocycles. The SMILES string of the molecule is CCC(C)C(N)C(=O)NC(CCCCN)C(=O)NC(CCCCN)C(=O)NC(CCCN=C(N)N)C(=O)O. The lowest BCUT2D eigenvalue weighted by atomic mass is 9.98. The van der Waals surface area contributed by atoms with Crippen molar-refractivity contribution in [1.82, 2.24) is 16.0 Å². The fraction of sp³-hybridized carbons (Fsp3) is 0.792. The van der Waals surface area contributed by atoms with Crippen LogP contribution in [0.3, 0.4) is 0 Å². The first kappa shape index (κ1) is 35.0. The molecule has 14 nitrogen and oxygen atoms in total. The average Bonchev–Trinajstić information content (AvgIpc) is 2.87. The third-order valence-corrected chi connectivity index (χ3v) is 6.28. The van der Waals surface area contributed by atoms with E-state index in [1.165, 1.54) is 0 Å². The topological polar surface area (TPSA) is 267 Å². The molecule has 14 N–H and O–H groups in total. The van der Waals surface area contributed by atoms with E-state index in [9.17, 15) is 24.3 Å². The van der Waals surface area contributed by atoms with Crippen LogP contribution in [0.5, 0.6) is 0 Å². The molecular weight excluding hydrogens is 494 g/mol. The van der Waals surface area contributed by atoms with E-state index < -0.39 is 47.9 Å². The minimum atomic E-state index is -1.22. The second kappa shape index (κ2) is 20.1. The van der Waals surface area contributed by atoms with Crippen molar-refractivity contribution >= 4 is 29.7 Å². The number of guanidine groups is 1. The van der Waals surface area contributed by atoms with Gasteiger partial charge in [-0.25, -0.2) is 4.79 Å². The number of carbonyl (C=O) groups excluding carboxylic acids is 3. The van der Waals surface area contributed by atoms with Gasteiger partial charge in [-0.15, -0.1) is 0 Å². The molecule has 220 valence electrons. The lowest BCUT2D eigenvalue weighted by Crippen LogP contribution is -2.57. The van der Waals surface area contributed by atoms with Crippen molar-refractivity contribution < 1.29 is 24.3 Å². The van der Waals surface area contributed by atoms with Gasteiger partial charge in [0.15, 0.2) is 5.96 Å². The second-order valence-corrected chi connectivity index (χ2v) is 9.45. The summed E-state index contributed by atoms with van der Waals surface area (Å²) >= 11 is 0. The number of hydrogen-bond donors (Lipinski definition) is 9. The highest BCUT2D eigenvalue weighted by Crippen LogP contribution is 2.09. The van der Waals surface area contributed by atoms with Gasteiger partial charge in [-0.1, -0.05) is 20.3 Å². The monoisotopic (exact) mass is 543 g/mol. The third kappa shape index (κ3) is 14.7. The molecule has 0 aromatic carbocycles. The Kier molecular flexibility index (Phi) is 18.5. The summed E-state index contributed by atoms with van der Waals surface area (Å²) in [4.78, 5) is 54.5. The van der Waals surface area contributed by atoms with E-state index in [-0.39, 0.29) is 31.3 Å². The molecule has 0 aromatic rings. The van der Waals surface area contributed by atoms with Gasteiger partial charge in [0, 0.05) is 6.54 Å². The molecule has 0 heterocycles. The number of nitrogens with one attached hydrogen (secondary N) is 3. The third-order valence-electron chi connectivity index (χ3n) is 6.28. The predicted molar refractivity (Wildman–Crippen MR) is 147 cm³/mol. The van der Waals surface area contributed by atoms with Crippen LogP contribution in [0.4, 0.5) is 0 Å². The summed E-state index contributed by atoms with van der Waals surface area (Å²) in [6.45, 7) is 4.80. The molecule has 0 rings (SSSR count). The summed E-state index contributed by atoms with van der Waals surface area (Å²) in [5.74, 6) is -3.07. The minimum absolute atomic E-state index is 0.0857. The number of aliphatic imine (C=N–C) groups is 1. The molecule has 0 spiro atoms. The lowest BCUT2D eigenvalue weighted by molar-refractivity contribution is -0.142. The van der Waals surface area contributed by atoms with Crippen molar-refractivity contribution in [3.63, 3.8) is 0 Å². The standard InChI is InChI=1S/C24H49N9O5/c1-3-15(2)19(27)22(36)32-17(10-5-7-13-26)20(34)31-16(9-4-6-12-25)21(35)33-18(23(37)38)11-8-14-30-24(28)29/h15-19H,3-14,25-27H2,1-2H3,(H,31,34)(H,32,36)(H,33,35)(H,37,38)(H4,28,29,30). The van der Waals surface area contributed by atoms with Crippen LogP contribution in [0.1, 0.15) is 71.6 Å². The van der Waals surface area contributed by atoms with Crippen LogP contribution in [-0.2, 0) is 19.2 Å². The number of amides is 3. The largest absolute Gasteiger partial charge is 0.480 e. The van der Waals surface area contributed by atoms with Crippen LogP contribution in [0, 0.1) is 5.92 Å². The van der Waals surface area contributed by atoms with Gasteiger partial charge in [0.1, 0.15) is 18.1 Å². The van der Waals surface area contributed by atoms with Gasteiger partial charge in [0.25, 0.3) is 0 Å². The van der Waals surface area contributed by atoms with Crippen LogP contribution >= 0.6 is 0 Å². The zero-order valence-corrected chi connectivity index (χ0v) is 22.8. The molecule has 0 saturated carbocycles. The van der Waals surface area contributed by atoms with Crippen LogP contribution < -0.4 is 44.6 Å². The Hall–Kier alpha value is -2.97. The van der Waals surface area contributed by atoms with E-state index in [0.717, 1.165) is 0 Å². The summed E-state index contributed by atoms with van der Waals surface area (Å²) in [5.41, 5.74) is 27.7. The van der Waals surface area contributed by atoms with Gasteiger partial charge in [0.2, 0.25) is 17.7 Å². The normalized spacial score (nSPS) is 14.9. The quantitative estimate of drug-likeness (QED) is 0.0445. The Labute approximate surface area is 225 Å². The van der Waals surface area contributed by atoms with E-state index >= 15 is 0 Å². The van der Waals surface area contributed by atoms with E-state index in [4.69, 9.17) is 28.7 Å². The van der Waals surface area contributed by atoms with Crippen molar-refractivity contribution in [3.05, 3.63) is 0 Å². The number of unbranched alkanes of at least 4 members (excludes halogenated alkanes) is 2. The molecule has 14 heteroatoms. The van der Waals surface area contributed by atoms with E-state index in [2.05, 4.69) is 20.9 Å². The summed E-state index contributed by atoms with van der Waals surface area (Å²) in [6, 6.07) is -3.93. The number of aliphatic carboxylic acids is 1. The van der Waals surface area contributed by atoms with Crippen molar-refractivity contribution in [1.29, 1.82) is 0 Å². The summed E-state index contributed by atoms with van der Waals surface area (Å²) in [7, 11) is 0. The highest BCUT2D eigenvalue weighted by Gasteiger charge is 2.30. The number of nitrogens with two attached hydrogens (primary N) is 5. The zero-order valence-electron chi connectivity index (χ0n) is 22.8. The molecule has 38 heavy (non-hydrogen) atoms. The summed E-state index contributed by atoms with van der Waals surface area (Å²) in [5, 5.41) is 17.4. The predicted octanol–water partition coefficient (Wildman–Crippen LogP) is -1.79. The molecule has 0 aliphatic carbocycles. The second-order valence-electron chi connectivity index (χ2n) is 9.45. The van der Waals surface area contributed by atoms with Crippen molar-refractivity contribution in [2.45, 2.75) is 95.8 Å². The maximum atomic E-state index is 13.2. The molecule has 5 atom stereocenters. The number of rotatable bonds is 21. The average molecular weight is 544 g/mol. The molecule has 0 aliphatic rings. The van der Waals surface area contributed by atoms with Crippen LogP contribution in [-0.4, -0.2) is 78.6 Å². The first-order valence-corrected chi connectivity index (χ1v) is 13.3. The van der Waals surface area contributed by atoms with Crippen molar-refractivity contribution in [2.24, 2.45) is 39.6 Å². The summed E-state index contributed by atoms with van der Waals surface area (Å²) in [6.07, 6.45) is 4.02. The number of hydrogen-bond acceptors (Lipinski definition) is 8. The fourth-order valence-electron chi connectivity index (χ4n) is 3.61. The Morgan fingerprint density at radius 2 is 1.21 bits per heavy atom. The van der Waals surface area contributed by atoms with E-state index in [0.29, 0.717) is 58.0 Å². The molecule has 0 aliphatic heterocycles. The van der Waals surface area contributed by atoms with Gasteiger partial charge in [-0.2, -0.15) is 0 Å². The maximum absolute atomic E-state index is 13.2. The number of carbonyl (C=O) groups is 4. The van der Waals surface area contributed by atoms with Gasteiger partial charge < -0.3 is 49.7 Å². The molecule has 3 amide bonds. The Balaban J connectivity index is 5.54. The maximum Gasteiger partial charge on any atom is 0.326 e. The van der Waals surface area contributed by atoms with Crippen LogP contribution in [0.2, 0.25) is 0 Å². The van der Waals surface area contributed by atoms with E-state index in [1.54, 1.807) is 0 Å². The van der Waals surface area contributed by atoms with E-state index in [1.807, 2.05) is 13.8 Å². The molecule has 0 fully saturated rings. The van der Waals surface area contributed by atoms with Gasteiger partial charge >= 0.3 is 5.97 Å². The number of nitrogens with zero attached hydrogens (tertiary/aromatic N) is 1. The Morgan fingerprint density at radius 1 is 0.763 bits per heavy atom. The van der Waals surface area contributed by atoms with Crippen LogP contribution in [0.15, 0.2) is 4.99 Å².